The summed E-state index contributed by atoms with van der Waals surface area (Å²) < 4.78 is 0. The monoisotopic (exact) mass is 282 g/mol. The van der Waals surface area contributed by atoms with Gasteiger partial charge >= 0.3 is 11.9 Å². The molecule has 0 amide bonds. The van der Waals surface area contributed by atoms with E-state index in [2.05, 4.69) is 13.2 Å². The molecule has 4 N–H and O–H groups in total. The van der Waals surface area contributed by atoms with E-state index in [0.717, 1.165) is 0 Å². The molecule has 0 unspecified atom stereocenters. The van der Waals surface area contributed by atoms with Gasteiger partial charge in [-0.1, -0.05) is 0 Å². The van der Waals surface area contributed by atoms with Crippen molar-refractivity contribution in [1.82, 2.24) is 0 Å². The average Bonchev–Trinajstić information content (AvgIpc) is 2.40. The zero-order chi connectivity index (χ0) is 16.1. The van der Waals surface area contributed by atoms with E-state index in [1.807, 2.05) is 0 Å². The lowest BCUT2D eigenvalue weighted by Gasteiger charge is -1.90. The zero-order valence-electron chi connectivity index (χ0n) is 10.4. The van der Waals surface area contributed by atoms with Crippen molar-refractivity contribution in [3.05, 3.63) is 59.7 Å². The Labute approximate surface area is 114 Å². The molecule has 20 heavy (non-hydrogen) atoms. The lowest BCUT2D eigenvalue weighted by molar-refractivity contribution is -0.384. The number of nitrogens with two attached hydrogens (primary N) is 1. The molecule has 0 saturated carbocycles. The maximum atomic E-state index is 10.1. The number of carbonyl (C=O) groups is 2. The summed E-state index contributed by atoms with van der Waals surface area (Å²) >= 11 is 0. The quantitative estimate of drug-likeness (QED) is 0.251. The van der Waals surface area contributed by atoms with E-state index in [9.17, 15) is 19.7 Å². The van der Waals surface area contributed by atoms with Crippen molar-refractivity contribution in [2.45, 2.75) is 0 Å². The van der Waals surface area contributed by atoms with Gasteiger partial charge in [0.05, 0.1) is 4.92 Å². The molecule has 0 aromatic heterocycles. The van der Waals surface area contributed by atoms with Crippen LogP contribution in [0.1, 0.15) is 0 Å². The molecule has 1 rings (SSSR count). The number of nitro groups is 1. The molecule has 8 nitrogen and oxygen atoms in total. The van der Waals surface area contributed by atoms with Gasteiger partial charge < -0.3 is 15.9 Å². The number of hydrogen-bond donors (Lipinski definition) is 3. The van der Waals surface area contributed by atoms with Gasteiger partial charge in [0.1, 0.15) is 0 Å². The number of carboxylic acids is 2. The van der Waals surface area contributed by atoms with Gasteiger partial charge in [-0.3, -0.25) is 10.1 Å². The average molecular weight is 282 g/mol. The fourth-order valence-electron chi connectivity index (χ4n) is 0.739. The highest BCUT2D eigenvalue weighted by atomic mass is 16.6. The normalized spacial score (nSPS) is 8.60. The molecule has 0 bridgehead atoms. The number of nitro benzene ring substituents is 1. The Bertz CT molecular complexity index is 465. The summed E-state index contributed by atoms with van der Waals surface area (Å²) in [7, 11) is 0. The lowest BCUT2D eigenvalue weighted by Crippen LogP contribution is -1.91. The third-order valence-electron chi connectivity index (χ3n) is 1.47. The standard InChI is InChI=1S/C6H6N2O2.C4H4O4.C2H4/c7-5-1-3-6(4-2-5)8(9)10;5-3(6)1-2-4(7)8;1-2/h1-4H,7H2;1-2H,(H,5,6)(H,7,8);1-2H2/b;2-1-;. The first-order valence-electron chi connectivity index (χ1n) is 4.96. The first kappa shape index (κ1) is 19.2. The molecule has 0 atom stereocenters. The Morgan fingerprint density at radius 1 is 1.10 bits per heavy atom. The Kier molecular flexibility index (Phi) is 10.5. The lowest BCUT2D eigenvalue weighted by atomic mass is 10.3. The molecule has 108 valence electrons. The molecule has 0 aliphatic heterocycles. The number of aliphatic carboxylic acids is 2. The molecule has 0 aliphatic carbocycles. The van der Waals surface area contributed by atoms with Crippen LogP contribution in [0.2, 0.25) is 0 Å². The summed E-state index contributed by atoms with van der Waals surface area (Å²) in [5.74, 6) is -2.51. The molecule has 0 radical (unpaired) electrons. The van der Waals surface area contributed by atoms with Crippen LogP contribution in [0.25, 0.3) is 0 Å². The molecular weight excluding hydrogens is 268 g/mol. The Hall–Kier alpha value is -3.16. The summed E-state index contributed by atoms with van der Waals surface area (Å²) in [6, 6.07) is 5.74. The molecule has 0 fully saturated rings. The van der Waals surface area contributed by atoms with Crippen LogP contribution in [-0.2, 0) is 9.59 Å². The van der Waals surface area contributed by atoms with Crippen molar-refractivity contribution in [2.75, 3.05) is 5.73 Å². The van der Waals surface area contributed by atoms with Crippen LogP contribution in [0, 0.1) is 10.1 Å². The van der Waals surface area contributed by atoms with Crippen molar-refractivity contribution in [1.29, 1.82) is 0 Å². The van der Waals surface area contributed by atoms with E-state index >= 15 is 0 Å². The highest BCUT2D eigenvalue weighted by Gasteiger charge is 2.00. The second kappa shape index (κ2) is 11.0. The smallest absolute Gasteiger partial charge is 0.328 e. The Morgan fingerprint density at radius 3 is 1.70 bits per heavy atom. The second-order valence-corrected chi connectivity index (χ2v) is 2.86. The largest absolute Gasteiger partial charge is 0.478 e. The highest BCUT2D eigenvalue weighted by molar-refractivity contribution is 5.89. The van der Waals surface area contributed by atoms with E-state index in [1.54, 1.807) is 0 Å². The molecule has 1 aromatic rings. The molecule has 0 spiro atoms. The van der Waals surface area contributed by atoms with Crippen molar-refractivity contribution in [2.24, 2.45) is 0 Å². The first-order chi connectivity index (χ1) is 9.32. The SMILES string of the molecule is C=C.Nc1ccc([N+](=O)[O-])cc1.O=C(O)/C=C\C(=O)O. The first-order valence-corrected chi connectivity index (χ1v) is 4.96. The van der Waals surface area contributed by atoms with E-state index < -0.39 is 16.9 Å². The Morgan fingerprint density at radius 2 is 1.45 bits per heavy atom. The van der Waals surface area contributed by atoms with Gasteiger partial charge in [-0.05, 0) is 12.1 Å². The summed E-state index contributed by atoms with van der Waals surface area (Å²) in [5.41, 5.74) is 5.90. The topological polar surface area (TPSA) is 144 Å². The predicted octanol–water partition coefficient (Wildman–Crippen LogP) is 1.69. The molecule has 0 heterocycles. The maximum absolute atomic E-state index is 10.1. The fraction of sp³-hybridized carbons (Fsp3) is 0. The van der Waals surface area contributed by atoms with Crippen molar-refractivity contribution in [3.63, 3.8) is 0 Å². The van der Waals surface area contributed by atoms with Gasteiger partial charge in [0.2, 0.25) is 0 Å². The van der Waals surface area contributed by atoms with Crippen LogP contribution in [0.3, 0.4) is 0 Å². The number of rotatable bonds is 3. The summed E-state index contributed by atoms with van der Waals surface area (Å²) in [5, 5.41) is 25.7. The van der Waals surface area contributed by atoms with Gasteiger partial charge in [-0.25, -0.2) is 9.59 Å². The number of non-ortho nitro benzene ring substituents is 1. The molecule has 0 saturated heterocycles. The van der Waals surface area contributed by atoms with E-state index in [1.165, 1.54) is 24.3 Å². The minimum Gasteiger partial charge on any atom is -0.478 e. The molecule has 8 heteroatoms. The number of nitrogens with zero attached hydrogens (tertiary/aromatic N) is 1. The van der Waals surface area contributed by atoms with Gasteiger partial charge in [0.15, 0.2) is 0 Å². The number of hydrogen-bond acceptors (Lipinski definition) is 5. The number of carboxylic acid groups (broad SMARTS) is 2. The van der Waals surface area contributed by atoms with Gasteiger partial charge in [0.25, 0.3) is 5.69 Å². The van der Waals surface area contributed by atoms with Crippen molar-refractivity contribution in [3.8, 4) is 0 Å². The zero-order valence-corrected chi connectivity index (χ0v) is 10.4. The van der Waals surface area contributed by atoms with E-state index in [-0.39, 0.29) is 5.69 Å². The predicted molar refractivity (Wildman–Crippen MR) is 73.2 cm³/mol. The van der Waals surface area contributed by atoms with Crippen molar-refractivity contribution >= 4 is 23.3 Å². The third-order valence-corrected chi connectivity index (χ3v) is 1.47. The van der Waals surface area contributed by atoms with E-state index in [0.29, 0.717) is 17.8 Å². The fourth-order valence-corrected chi connectivity index (χ4v) is 0.739. The van der Waals surface area contributed by atoms with Crippen LogP contribution in [0.5, 0.6) is 0 Å². The molecular formula is C12H14N2O6. The molecule has 0 aliphatic rings. The Balaban J connectivity index is 0. The van der Waals surface area contributed by atoms with Crippen LogP contribution in [0.15, 0.2) is 49.6 Å². The number of anilines is 1. The summed E-state index contributed by atoms with van der Waals surface area (Å²) in [6.45, 7) is 6.00. The van der Waals surface area contributed by atoms with Crippen LogP contribution < -0.4 is 5.73 Å². The minimum absolute atomic E-state index is 0.0641. The summed E-state index contributed by atoms with van der Waals surface area (Å²) in [6.07, 6.45) is 1.12. The second-order valence-electron chi connectivity index (χ2n) is 2.86. The van der Waals surface area contributed by atoms with Gasteiger partial charge in [-0.2, -0.15) is 0 Å². The van der Waals surface area contributed by atoms with Crippen LogP contribution in [-0.4, -0.2) is 27.1 Å². The van der Waals surface area contributed by atoms with Crippen LogP contribution in [0.4, 0.5) is 11.4 Å². The molecule has 1 aromatic carbocycles. The van der Waals surface area contributed by atoms with Gasteiger partial charge in [-0.15, -0.1) is 13.2 Å². The minimum atomic E-state index is -1.26. The summed E-state index contributed by atoms with van der Waals surface area (Å²) in [4.78, 5) is 28.7. The number of nitrogen functional groups attached to an aromatic ring is 1. The van der Waals surface area contributed by atoms with Crippen LogP contribution >= 0.6 is 0 Å². The third kappa shape index (κ3) is 11.3. The van der Waals surface area contributed by atoms with E-state index in [4.69, 9.17) is 15.9 Å². The number of benzene rings is 1. The van der Waals surface area contributed by atoms with Crippen molar-refractivity contribution < 1.29 is 24.7 Å². The maximum Gasteiger partial charge on any atom is 0.328 e. The van der Waals surface area contributed by atoms with Gasteiger partial charge in [0, 0.05) is 30.0 Å². The highest BCUT2D eigenvalue weighted by Crippen LogP contribution is 2.11.